The number of esters is 2. The molecule has 7 nitrogen and oxygen atoms in total. The number of carbonyl (C=O) groups is 2. The Bertz CT molecular complexity index is 484. The zero-order chi connectivity index (χ0) is 13.7. The summed E-state index contributed by atoms with van der Waals surface area (Å²) in [4.78, 5) is 32.3. The number of hydrogen-bond acceptors (Lipinski definition) is 6. The Labute approximate surface area is 103 Å². The van der Waals surface area contributed by atoms with E-state index in [0.717, 1.165) is 0 Å². The van der Waals surface area contributed by atoms with Crippen molar-refractivity contribution in [3.63, 3.8) is 0 Å². The van der Waals surface area contributed by atoms with Gasteiger partial charge in [0.15, 0.2) is 0 Å². The molecule has 0 fully saturated rings. The van der Waals surface area contributed by atoms with E-state index in [2.05, 4.69) is 4.74 Å². The molecule has 0 unspecified atom stereocenters. The second-order valence-corrected chi connectivity index (χ2v) is 3.69. The molecule has 0 aliphatic rings. The standard InChI is InChI=1S/C11H12N2O5/c1-7(12)11(15)18-10(14)6-8-3-2-4-9(5-8)13(16)17/h2-5,7H,6,12H2,1H3/t7-/m0/s1. The second-order valence-electron chi connectivity index (χ2n) is 3.69. The van der Waals surface area contributed by atoms with Gasteiger partial charge in [-0.2, -0.15) is 0 Å². The van der Waals surface area contributed by atoms with Gasteiger partial charge in [-0.05, 0) is 12.5 Å². The fraction of sp³-hybridized carbons (Fsp3) is 0.273. The highest BCUT2D eigenvalue weighted by molar-refractivity contribution is 5.89. The number of nitrogens with two attached hydrogens (primary N) is 1. The lowest BCUT2D eigenvalue weighted by atomic mass is 10.1. The van der Waals surface area contributed by atoms with Crippen molar-refractivity contribution in [1.82, 2.24) is 0 Å². The molecule has 0 aliphatic heterocycles. The van der Waals surface area contributed by atoms with Crippen LogP contribution in [0.4, 0.5) is 5.69 Å². The van der Waals surface area contributed by atoms with Crippen LogP contribution < -0.4 is 5.73 Å². The fourth-order valence-corrected chi connectivity index (χ4v) is 1.19. The van der Waals surface area contributed by atoms with Crippen molar-refractivity contribution in [3.8, 4) is 0 Å². The molecule has 0 radical (unpaired) electrons. The Morgan fingerprint density at radius 1 is 1.50 bits per heavy atom. The van der Waals surface area contributed by atoms with Crippen molar-refractivity contribution >= 4 is 17.6 Å². The zero-order valence-corrected chi connectivity index (χ0v) is 9.66. The molecule has 96 valence electrons. The molecule has 0 saturated heterocycles. The van der Waals surface area contributed by atoms with E-state index in [4.69, 9.17) is 5.73 Å². The van der Waals surface area contributed by atoms with Gasteiger partial charge in [0.05, 0.1) is 11.3 Å². The number of ether oxygens (including phenoxy) is 1. The first kappa shape index (κ1) is 13.8. The summed E-state index contributed by atoms with van der Waals surface area (Å²) in [6, 6.07) is 4.65. The maximum absolute atomic E-state index is 11.3. The maximum atomic E-state index is 11.3. The van der Waals surface area contributed by atoms with Gasteiger partial charge in [-0.1, -0.05) is 12.1 Å². The van der Waals surface area contributed by atoms with Crippen molar-refractivity contribution < 1.29 is 19.2 Å². The molecule has 1 rings (SSSR count). The van der Waals surface area contributed by atoms with E-state index in [-0.39, 0.29) is 12.1 Å². The van der Waals surface area contributed by atoms with Crippen LogP contribution in [0.5, 0.6) is 0 Å². The van der Waals surface area contributed by atoms with Crippen molar-refractivity contribution in [2.45, 2.75) is 19.4 Å². The zero-order valence-electron chi connectivity index (χ0n) is 9.66. The summed E-state index contributed by atoms with van der Waals surface area (Å²) in [5.74, 6) is -1.62. The van der Waals surface area contributed by atoms with Gasteiger partial charge in [0, 0.05) is 12.1 Å². The number of carbonyl (C=O) groups excluding carboxylic acids is 2. The van der Waals surface area contributed by atoms with Gasteiger partial charge in [0.1, 0.15) is 6.04 Å². The van der Waals surface area contributed by atoms with E-state index in [1.54, 1.807) is 0 Å². The molecule has 0 aromatic heterocycles. The number of hydrogen-bond donors (Lipinski definition) is 1. The molecule has 0 aliphatic carbocycles. The minimum Gasteiger partial charge on any atom is -0.392 e. The van der Waals surface area contributed by atoms with Crippen LogP contribution in [0.1, 0.15) is 12.5 Å². The number of nitro groups is 1. The van der Waals surface area contributed by atoms with Crippen molar-refractivity contribution in [3.05, 3.63) is 39.9 Å². The minimum atomic E-state index is -0.890. The molecule has 2 N–H and O–H groups in total. The third kappa shape index (κ3) is 3.95. The summed E-state index contributed by atoms with van der Waals surface area (Å²) in [5, 5.41) is 10.5. The van der Waals surface area contributed by atoms with E-state index in [9.17, 15) is 19.7 Å². The number of nitrogens with zero attached hydrogens (tertiary/aromatic N) is 1. The SMILES string of the molecule is C[C@H](N)C(=O)OC(=O)Cc1cccc([N+](=O)[O-])c1. The van der Waals surface area contributed by atoms with Crippen LogP contribution in [0.25, 0.3) is 0 Å². The average Bonchev–Trinajstić information content (AvgIpc) is 2.28. The summed E-state index contributed by atoms with van der Waals surface area (Å²) >= 11 is 0. The Morgan fingerprint density at radius 2 is 2.17 bits per heavy atom. The normalized spacial score (nSPS) is 11.7. The van der Waals surface area contributed by atoms with E-state index in [1.165, 1.54) is 31.2 Å². The van der Waals surface area contributed by atoms with Gasteiger partial charge in [-0.25, -0.2) is 4.79 Å². The second kappa shape index (κ2) is 5.87. The molecule has 18 heavy (non-hydrogen) atoms. The highest BCUT2D eigenvalue weighted by Gasteiger charge is 2.15. The van der Waals surface area contributed by atoms with Gasteiger partial charge in [-0.3, -0.25) is 14.9 Å². The molecule has 1 aromatic rings. The maximum Gasteiger partial charge on any atom is 0.330 e. The lowest BCUT2D eigenvalue weighted by Gasteiger charge is -2.05. The fourth-order valence-electron chi connectivity index (χ4n) is 1.19. The van der Waals surface area contributed by atoms with Gasteiger partial charge >= 0.3 is 11.9 Å². The van der Waals surface area contributed by atoms with Crippen LogP contribution >= 0.6 is 0 Å². The topological polar surface area (TPSA) is 113 Å². The molecule has 1 aromatic carbocycles. The highest BCUT2D eigenvalue weighted by Crippen LogP contribution is 2.13. The van der Waals surface area contributed by atoms with Crippen LogP contribution in [0.3, 0.4) is 0 Å². The van der Waals surface area contributed by atoms with E-state index in [0.29, 0.717) is 5.56 Å². The Balaban J connectivity index is 2.67. The van der Waals surface area contributed by atoms with Gasteiger partial charge in [-0.15, -0.1) is 0 Å². The van der Waals surface area contributed by atoms with Crippen molar-refractivity contribution in [1.29, 1.82) is 0 Å². The van der Waals surface area contributed by atoms with Crippen LogP contribution in [-0.2, 0) is 20.7 Å². The first-order valence-corrected chi connectivity index (χ1v) is 5.13. The lowest BCUT2D eigenvalue weighted by Crippen LogP contribution is -2.31. The number of non-ortho nitro benzene ring substituents is 1. The highest BCUT2D eigenvalue weighted by atomic mass is 16.6. The third-order valence-electron chi connectivity index (χ3n) is 2.06. The van der Waals surface area contributed by atoms with Crippen molar-refractivity contribution in [2.75, 3.05) is 0 Å². The first-order valence-electron chi connectivity index (χ1n) is 5.13. The Morgan fingerprint density at radius 3 is 2.72 bits per heavy atom. The van der Waals surface area contributed by atoms with Gasteiger partial charge < -0.3 is 10.5 Å². The predicted octanol–water partition coefficient (Wildman–Crippen LogP) is 0.554. The van der Waals surface area contributed by atoms with Crippen LogP contribution in [0.15, 0.2) is 24.3 Å². The summed E-state index contributed by atoms with van der Waals surface area (Å²) < 4.78 is 4.44. The molecule has 0 heterocycles. The predicted molar refractivity (Wildman–Crippen MR) is 61.5 cm³/mol. The largest absolute Gasteiger partial charge is 0.392 e. The molecule has 0 amide bonds. The Hall–Kier alpha value is -2.28. The van der Waals surface area contributed by atoms with Gasteiger partial charge in [0.25, 0.3) is 5.69 Å². The molecule has 0 bridgehead atoms. The summed E-state index contributed by atoms with van der Waals surface area (Å²) in [5.41, 5.74) is 5.49. The average molecular weight is 252 g/mol. The van der Waals surface area contributed by atoms with Crippen LogP contribution in [0, 0.1) is 10.1 Å². The minimum absolute atomic E-state index is 0.126. The van der Waals surface area contributed by atoms with Crippen molar-refractivity contribution in [2.24, 2.45) is 5.73 Å². The van der Waals surface area contributed by atoms with E-state index in [1.807, 2.05) is 0 Å². The molecule has 0 spiro atoms. The number of rotatable bonds is 4. The van der Waals surface area contributed by atoms with E-state index >= 15 is 0 Å². The van der Waals surface area contributed by atoms with Crippen LogP contribution in [-0.4, -0.2) is 22.9 Å². The lowest BCUT2D eigenvalue weighted by molar-refractivity contribution is -0.384. The Kier molecular flexibility index (Phi) is 4.50. The molecule has 1 atom stereocenters. The van der Waals surface area contributed by atoms with Gasteiger partial charge in [0.2, 0.25) is 0 Å². The summed E-state index contributed by atoms with van der Waals surface area (Å²) in [7, 11) is 0. The first-order chi connectivity index (χ1) is 8.40. The number of nitro benzene ring substituents is 1. The quantitative estimate of drug-likeness (QED) is 0.362. The summed E-state index contributed by atoms with van der Waals surface area (Å²) in [6.07, 6.45) is -0.222. The third-order valence-corrected chi connectivity index (χ3v) is 2.06. The van der Waals surface area contributed by atoms with Crippen LogP contribution in [0.2, 0.25) is 0 Å². The smallest absolute Gasteiger partial charge is 0.330 e. The van der Waals surface area contributed by atoms with E-state index < -0.39 is 22.9 Å². The molecule has 0 saturated carbocycles. The molecular weight excluding hydrogens is 240 g/mol. The molecule has 7 heteroatoms. The summed E-state index contributed by atoms with van der Waals surface area (Å²) in [6.45, 7) is 1.39. The monoisotopic (exact) mass is 252 g/mol. The molecular formula is C11H12N2O5. The number of benzene rings is 1.